The monoisotopic (exact) mass is 281 g/mol. The normalized spacial score (nSPS) is 23.4. The highest BCUT2D eigenvalue weighted by Crippen LogP contribution is 2.40. The first kappa shape index (κ1) is 13.9. The van der Waals surface area contributed by atoms with Crippen molar-refractivity contribution in [2.24, 2.45) is 0 Å². The van der Waals surface area contributed by atoms with Crippen LogP contribution >= 0.6 is 0 Å². The van der Waals surface area contributed by atoms with E-state index in [1.54, 1.807) is 12.1 Å². The van der Waals surface area contributed by atoms with Crippen LogP contribution in [0.2, 0.25) is 0 Å². The summed E-state index contributed by atoms with van der Waals surface area (Å²) in [4.78, 5) is 0. The van der Waals surface area contributed by atoms with E-state index >= 15 is 0 Å². The largest absolute Gasteiger partial charge is 0.382 e. The Hall–Kier alpha value is -2.04. The Labute approximate surface area is 125 Å². The van der Waals surface area contributed by atoms with E-state index in [9.17, 15) is 0 Å². The molecule has 1 aliphatic carbocycles. The van der Waals surface area contributed by atoms with Crippen molar-refractivity contribution in [1.82, 2.24) is 0 Å². The van der Waals surface area contributed by atoms with Crippen LogP contribution in [0.4, 0.5) is 5.69 Å². The molecule has 1 saturated carbocycles. The van der Waals surface area contributed by atoms with Crippen molar-refractivity contribution in [1.29, 1.82) is 10.5 Å². The molecule has 4 heteroatoms. The molecule has 1 saturated heterocycles. The number of hydrogen-bond acceptors (Lipinski definition) is 4. The van der Waals surface area contributed by atoms with Gasteiger partial charge in [0.15, 0.2) is 0 Å². The van der Waals surface area contributed by atoms with Gasteiger partial charge in [0.05, 0.1) is 16.7 Å². The van der Waals surface area contributed by atoms with Crippen LogP contribution < -0.4 is 5.32 Å². The molecule has 0 aromatic heterocycles. The third-order valence-electron chi connectivity index (χ3n) is 4.64. The number of nitrogens with one attached hydrogen (secondary N) is 1. The van der Waals surface area contributed by atoms with Crippen LogP contribution in [-0.2, 0) is 4.74 Å². The highest BCUT2D eigenvalue weighted by Gasteiger charge is 2.39. The minimum atomic E-state index is 0.0839. The molecule has 2 fully saturated rings. The molecule has 1 unspecified atom stereocenters. The second-order valence-corrected chi connectivity index (χ2v) is 6.06. The average molecular weight is 281 g/mol. The van der Waals surface area contributed by atoms with Crippen LogP contribution in [0, 0.1) is 22.7 Å². The third kappa shape index (κ3) is 2.86. The zero-order valence-corrected chi connectivity index (χ0v) is 12.1. The van der Waals surface area contributed by atoms with Crippen LogP contribution in [0.5, 0.6) is 0 Å². The van der Waals surface area contributed by atoms with Gasteiger partial charge in [-0.2, -0.15) is 10.5 Å². The maximum atomic E-state index is 9.10. The summed E-state index contributed by atoms with van der Waals surface area (Å²) >= 11 is 0. The summed E-state index contributed by atoms with van der Waals surface area (Å²) in [5, 5.41) is 21.6. The highest BCUT2D eigenvalue weighted by atomic mass is 16.5. The van der Waals surface area contributed by atoms with E-state index in [0.29, 0.717) is 17.2 Å². The van der Waals surface area contributed by atoms with Crippen molar-refractivity contribution in [2.75, 3.05) is 11.9 Å². The van der Waals surface area contributed by atoms with Crippen LogP contribution in [0.3, 0.4) is 0 Å². The number of nitrogens with zero attached hydrogens (tertiary/aromatic N) is 2. The van der Waals surface area contributed by atoms with Gasteiger partial charge in [0.25, 0.3) is 0 Å². The molecule has 1 atom stereocenters. The Morgan fingerprint density at radius 3 is 2.62 bits per heavy atom. The minimum Gasteiger partial charge on any atom is -0.382 e. The first-order valence-corrected chi connectivity index (χ1v) is 7.59. The smallest absolute Gasteiger partial charge is 0.101 e. The quantitative estimate of drug-likeness (QED) is 0.902. The number of hydrogen-bond donors (Lipinski definition) is 1. The molecule has 1 spiro atoms. The van der Waals surface area contributed by atoms with Crippen molar-refractivity contribution in [3.8, 4) is 12.1 Å². The van der Waals surface area contributed by atoms with E-state index in [1.165, 1.54) is 25.7 Å². The van der Waals surface area contributed by atoms with Gasteiger partial charge in [0.1, 0.15) is 12.1 Å². The van der Waals surface area contributed by atoms with Crippen molar-refractivity contribution in [3.05, 3.63) is 29.3 Å². The third-order valence-corrected chi connectivity index (χ3v) is 4.64. The molecule has 21 heavy (non-hydrogen) atoms. The lowest BCUT2D eigenvalue weighted by molar-refractivity contribution is -0.0767. The van der Waals surface area contributed by atoms with Crippen molar-refractivity contribution < 1.29 is 4.74 Å². The standard InChI is InChI=1S/C17H19N3O/c18-11-13-3-4-15(9-14(13)12-19)20-16-5-8-21-17(10-16)6-1-2-7-17/h3-4,9,16,20H,1-2,5-8,10H2. The van der Waals surface area contributed by atoms with E-state index in [1.807, 2.05) is 12.1 Å². The zero-order valence-electron chi connectivity index (χ0n) is 12.1. The first-order valence-electron chi connectivity index (χ1n) is 7.59. The molecule has 2 aliphatic rings. The fraction of sp³-hybridized carbons (Fsp3) is 0.529. The summed E-state index contributed by atoms with van der Waals surface area (Å²) < 4.78 is 6.04. The van der Waals surface area contributed by atoms with Gasteiger partial charge in [0.2, 0.25) is 0 Å². The number of benzene rings is 1. The molecular formula is C17H19N3O. The van der Waals surface area contributed by atoms with Crippen molar-refractivity contribution in [2.45, 2.75) is 50.2 Å². The molecule has 1 N–H and O–H groups in total. The molecule has 108 valence electrons. The van der Waals surface area contributed by atoms with E-state index < -0.39 is 0 Å². The van der Waals surface area contributed by atoms with E-state index in [4.69, 9.17) is 15.3 Å². The molecule has 4 nitrogen and oxygen atoms in total. The van der Waals surface area contributed by atoms with Crippen LogP contribution in [0.25, 0.3) is 0 Å². The predicted octanol–water partition coefficient (Wildman–Crippen LogP) is 3.33. The molecule has 0 bridgehead atoms. The van der Waals surface area contributed by atoms with Crippen molar-refractivity contribution >= 4 is 5.69 Å². The summed E-state index contributed by atoms with van der Waals surface area (Å²) in [6.07, 6.45) is 6.90. The van der Waals surface area contributed by atoms with Gasteiger partial charge in [-0.3, -0.25) is 0 Å². The summed E-state index contributed by atoms with van der Waals surface area (Å²) in [5.74, 6) is 0. The molecule has 0 radical (unpaired) electrons. The van der Waals surface area contributed by atoms with Gasteiger partial charge in [0, 0.05) is 18.3 Å². The Morgan fingerprint density at radius 1 is 1.14 bits per heavy atom. The van der Waals surface area contributed by atoms with Crippen molar-refractivity contribution in [3.63, 3.8) is 0 Å². The minimum absolute atomic E-state index is 0.0839. The first-order chi connectivity index (χ1) is 10.2. The second kappa shape index (κ2) is 5.76. The van der Waals surface area contributed by atoms with Crippen LogP contribution in [0.1, 0.15) is 49.7 Å². The number of nitriles is 2. The average Bonchev–Trinajstić information content (AvgIpc) is 2.95. The maximum absolute atomic E-state index is 9.10. The Kier molecular flexibility index (Phi) is 3.82. The molecule has 1 aromatic carbocycles. The fourth-order valence-corrected chi connectivity index (χ4v) is 3.58. The van der Waals surface area contributed by atoms with E-state index in [0.717, 1.165) is 25.1 Å². The number of rotatable bonds is 2. The van der Waals surface area contributed by atoms with Gasteiger partial charge in [-0.1, -0.05) is 12.8 Å². The Balaban J connectivity index is 1.72. The van der Waals surface area contributed by atoms with E-state index in [-0.39, 0.29) is 5.60 Å². The highest BCUT2D eigenvalue weighted by molar-refractivity contribution is 5.56. The molecule has 0 amide bonds. The number of anilines is 1. The molecular weight excluding hydrogens is 262 g/mol. The van der Waals surface area contributed by atoms with Gasteiger partial charge >= 0.3 is 0 Å². The van der Waals surface area contributed by atoms with Gasteiger partial charge in [-0.05, 0) is 43.9 Å². The molecule has 1 aliphatic heterocycles. The van der Waals surface area contributed by atoms with Gasteiger partial charge < -0.3 is 10.1 Å². The van der Waals surface area contributed by atoms with Crippen LogP contribution in [-0.4, -0.2) is 18.2 Å². The molecule has 1 aromatic rings. The predicted molar refractivity (Wildman–Crippen MR) is 79.7 cm³/mol. The molecule has 1 heterocycles. The lowest BCUT2D eigenvalue weighted by Crippen LogP contribution is -2.42. The maximum Gasteiger partial charge on any atom is 0.101 e. The summed E-state index contributed by atoms with van der Waals surface area (Å²) in [6.45, 7) is 0.805. The summed E-state index contributed by atoms with van der Waals surface area (Å²) in [5.41, 5.74) is 1.87. The topological polar surface area (TPSA) is 68.8 Å². The Bertz CT molecular complexity index is 605. The zero-order chi connectivity index (χ0) is 14.7. The lowest BCUT2D eigenvalue weighted by Gasteiger charge is -2.39. The summed E-state index contributed by atoms with van der Waals surface area (Å²) in [7, 11) is 0. The lowest BCUT2D eigenvalue weighted by atomic mass is 9.89. The second-order valence-electron chi connectivity index (χ2n) is 6.06. The Morgan fingerprint density at radius 2 is 1.90 bits per heavy atom. The summed E-state index contributed by atoms with van der Waals surface area (Å²) in [6, 6.07) is 9.89. The SMILES string of the molecule is N#Cc1ccc(NC2CCOC3(CCCC3)C2)cc1C#N. The van der Waals surface area contributed by atoms with Gasteiger partial charge in [-0.15, -0.1) is 0 Å². The molecule has 3 rings (SSSR count). The number of ether oxygens (including phenoxy) is 1. The van der Waals surface area contributed by atoms with Crippen LogP contribution in [0.15, 0.2) is 18.2 Å². The fourth-order valence-electron chi connectivity index (χ4n) is 3.58. The van der Waals surface area contributed by atoms with Gasteiger partial charge in [-0.25, -0.2) is 0 Å². The van der Waals surface area contributed by atoms with E-state index in [2.05, 4.69) is 11.4 Å².